The standard InChI is InChI=1S/C24H25NO4/c1-16-20(23(26)28-3)22(19-13-9-6-10-14-19)21(24(27)29-4)17(2)25(16)15-18-11-7-5-8-12-18/h5-14,22H,15H2,1-4H3. The fourth-order valence-electron chi connectivity index (χ4n) is 3.84. The minimum atomic E-state index is -0.553. The number of nitrogens with zero attached hydrogens (tertiary/aromatic N) is 1. The SMILES string of the molecule is COC(=O)C1=C(C)N(Cc2ccccc2)C(C)=C(C(=O)OC)C1c1ccccc1. The molecule has 0 saturated carbocycles. The van der Waals surface area contributed by atoms with Gasteiger partial charge >= 0.3 is 11.9 Å². The van der Waals surface area contributed by atoms with E-state index in [0.717, 1.165) is 22.5 Å². The van der Waals surface area contributed by atoms with Crippen LogP contribution in [-0.4, -0.2) is 31.1 Å². The molecular formula is C24H25NO4. The average Bonchev–Trinajstić information content (AvgIpc) is 2.76. The molecule has 3 rings (SSSR count). The predicted molar refractivity (Wildman–Crippen MR) is 111 cm³/mol. The van der Waals surface area contributed by atoms with Crippen LogP contribution in [-0.2, 0) is 25.6 Å². The smallest absolute Gasteiger partial charge is 0.336 e. The van der Waals surface area contributed by atoms with Crippen LogP contribution >= 0.6 is 0 Å². The molecule has 0 radical (unpaired) electrons. The van der Waals surface area contributed by atoms with Crippen LogP contribution in [0.4, 0.5) is 0 Å². The second kappa shape index (κ2) is 8.78. The van der Waals surface area contributed by atoms with Gasteiger partial charge in [0.15, 0.2) is 0 Å². The van der Waals surface area contributed by atoms with Crippen molar-refractivity contribution >= 4 is 11.9 Å². The number of esters is 2. The van der Waals surface area contributed by atoms with E-state index in [1.165, 1.54) is 14.2 Å². The molecule has 0 amide bonds. The lowest BCUT2D eigenvalue weighted by Gasteiger charge is -2.37. The summed E-state index contributed by atoms with van der Waals surface area (Å²) in [6, 6.07) is 19.4. The molecule has 2 aromatic rings. The van der Waals surface area contributed by atoms with Gasteiger partial charge in [0.25, 0.3) is 0 Å². The molecule has 1 heterocycles. The Morgan fingerprint density at radius 1 is 0.793 bits per heavy atom. The van der Waals surface area contributed by atoms with Crippen molar-refractivity contribution in [1.29, 1.82) is 0 Å². The highest BCUT2D eigenvalue weighted by Crippen LogP contribution is 2.43. The molecule has 2 aromatic carbocycles. The van der Waals surface area contributed by atoms with E-state index in [1.54, 1.807) is 0 Å². The quantitative estimate of drug-likeness (QED) is 0.716. The van der Waals surface area contributed by atoms with E-state index in [1.807, 2.05) is 79.4 Å². The van der Waals surface area contributed by atoms with Crippen molar-refractivity contribution in [3.05, 3.63) is 94.3 Å². The van der Waals surface area contributed by atoms with Gasteiger partial charge in [-0.05, 0) is 25.0 Å². The van der Waals surface area contributed by atoms with Gasteiger partial charge < -0.3 is 14.4 Å². The highest BCUT2D eigenvalue weighted by atomic mass is 16.5. The van der Waals surface area contributed by atoms with Gasteiger partial charge in [-0.1, -0.05) is 60.7 Å². The highest BCUT2D eigenvalue weighted by Gasteiger charge is 2.40. The van der Waals surface area contributed by atoms with Gasteiger partial charge in [0.2, 0.25) is 0 Å². The van der Waals surface area contributed by atoms with Gasteiger partial charge in [0, 0.05) is 17.9 Å². The second-order valence-electron chi connectivity index (χ2n) is 6.90. The van der Waals surface area contributed by atoms with E-state index in [9.17, 15) is 9.59 Å². The maximum atomic E-state index is 12.8. The summed E-state index contributed by atoms with van der Waals surface area (Å²) in [5.74, 6) is -1.46. The van der Waals surface area contributed by atoms with Crippen molar-refractivity contribution in [1.82, 2.24) is 4.90 Å². The second-order valence-corrected chi connectivity index (χ2v) is 6.90. The van der Waals surface area contributed by atoms with Crippen LogP contribution in [0.5, 0.6) is 0 Å². The lowest BCUT2D eigenvalue weighted by molar-refractivity contribution is -0.137. The summed E-state index contributed by atoms with van der Waals surface area (Å²) >= 11 is 0. The summed E-state index contributed by atoms with van der Waals surface area (Å²) < 4.78 is 10.2. The molecule has 5 nitrogen and oxygen atoms in total. The molecule has 1 aliphatic heterocycles. The van der Waals surface area contributed by atoms with Crippen LogP contribution in [0.1, 0.15) is 30.9 Å². The van der Waals surface area contributed by atoms with Crippen LogP contribution in [0, 0.1) is 0 Å². The zero-order chi connectivity index (χ0) is 21.0. The molecule has 0 aromatic heterocycles. The van der Waals surface area contributed by atoms with E-state index in [0.29, 0.717) is 17.7 Å². The van der Waals surface area contributed by atoms with Gasteiger partial charge in [-0.2, -0.15) is 0 Å². The normalized spacial score (nSPS) is 14.8. The van der Waals surface area contributed by atoms with E-state index in [-0.39, 0.29) is 0 Å². The molecule has 0 unspecified atom stereocenters. The maximum Gasteiger partial charge on any atom is 0.336 e. The third-order valence-electron chi connectivity index (χ3n) is 5.29. The Hall–Kier alpha value is -3.34. The molecule has 0 N–H and O–H groups in total. The Morgan fingerprint density at radius 2 is 1.24 bits per heavy atom. The number of hydrogen-bond acceptors (Lipinski definition) is 5. The Labute approximate surface area is 171 Å². The Balaban J connectivity index is 2.22. The molecule has 5 heteroatoms. The summed E-state index contributed by atoms with van der Waals surface area (Å²) in [4.78, 5) is 27.7. The number of carbonyl (C=O) groups excluding carboxylic acids is 2. The number of carbonyl (C=O) groups is 2. The zero-order valence-electron chi connectivity index (χ0n) is 17.1. The maximum absolute atomic E-state index is 12.8. The van der Waals surface area contributed by atoms with E-state index in [2.05, 4.69) is 0 Å². The monoisotopic (exact) mass is 391 g/mol. The largest absolute Gasteiger partial charge is 0.466 e. The number of rotatable bonds is 5. The predicted octanol–water partition coefficient (Wildman–Crippen LogP) is 4.18. The van der Waals surface area contributed by atoms with Gasteiger partial charge in [0.1, 0.15) is 0 Å². The first kappa shape index (κ1) is 20.4. The third-order valence-corrected chi connectivity index (χ3v) is 5.29. The number of allylic oxidation sites excluding steroid dienone is 2. The fourth-order valence-corrected chi connectivity index (χ4v) is 3.84. The summed E-state index contributed by atoms with van der Waals surface area (Å²) in [6.07, 6.45) is 0. The Bertz CT molecular complexity index is 921. The van der Waals surface area contributed by atoms with Crippen molar-refractivity contribution < 1.29 is 19.1 Å². The first-order chi connectivity index (χ1) is 14.0. The number of methoxy groups -OCH3 is 2. The van der Waals surface area contributed by atoms with Crippen LogP contribution in [0.2, 0.25) is 0 Å². The first-order valence-corrected chi connectivity index (χ1v) is 9.44. The molecule has 0 saturated heterocycles. The minimum Gasteiger partial charge on any atom is -0.466 e. The van der Waals surface area contributed by atoms with Crippen molar-refractivity contribution in [3.63, 3.8) is 0 Å². The lowest BCUT2D eigenvalue weighted by Crippen LogP contribution is -2.34. The molecular weight excluding hydrogens is 366 g/mol. The van der Waals surface area contributed by atoms with Crippen molar-refractivity contribution in [2.45, 2.75) is 26.3 Å². The third kappa shape index (κ3) is 3.94. The van der Waals surface area contributed by atoms with E-state index < -0.39 is 17.9 Å². The summed E-state index contributed by atoms with van der Waals surface area (Å²) in [5, 5.41) is 0. The number of hydrogen-bond donors (Lipinski definition) is 0. The molecule has 0 spiro atoms. The average molecular weight is 391 g/mol. The van der Waals surface area contributed by atoms with Gasteiger partial charge in [0.05, 0.1) is 31.3 Å². The highest BCUT2D eigenvalue weighted by molar-refractivity contribution is 5.99. The molecule has 1 aliphatic rings. The molecule has 0 atom stereocenters. The fraction of sp³-hybridized carbons (Fsp3) is 0.250. The van der Waals surface area contributed by atoms with E-state index in [4.69, 9.17) is 9.47 Å². The van der Waals surface area contributed by atoms with Gasteiger partial charge in [-0.3, -0.25) is 0 Å². The Morgan fingerprint density at radius 3 is 1.69 bits per heavy atom. The molecule has 0 fully saturated rings. The van der Waals surface area contributed by atoms with E-state index >= 15 is 0 Å². The summed E-state index contributed by atoms with van der Waals surface area (Å²) in [6.45, 7) is 4.31. The van der Waals surface area contributed by atoms with Crippen molar-refractivity contribution in [2.75, 3.05) is 14.2 Å². The lowest BCUT2D eigenvalue weighted by atomic mass is 9.79. The molecule has 0 aliphatic carbocycles. The zero-order valence-corrected chi connectivity index (χ0v) is 17.1. The molecule has 0 bridgehead atoms. The van der Waals surface area contributed by atoms with Crippen molar-refractivity contribution in [3.8, 4) is 0 Å². The topological polar surface area (TPSA) is 55.8 Å². The van der Waals surface area contributed by atoms with Crippen LogP contribution < -0.4 is 0 Å². The number of benzene rings is 2. The Kier molecular flexibility index (Phi) is 6.17. The van der Waals surface area contributed by atoms with Crippen LogP contribution in [0.15, 0.2) is 83.2 Å². The molecule has 150 valence electrons. The summed E-state index contributed by atoms with van der Waals surface area (Å²) in [5.41, 5.74) is 4.32. The van der Waals surface area contributed by atoms with Gasteiger partial charge in [-0.15, -0.1) is 0 Å². The number of ether oxygens (including phenoxy) is 2. The molecule has 29 heavy (non-hydrogen) atoms. The minimum absolute atomic E-state index is 0.445. The van der Waals surface area contributed by atoms with Crippen LogP contribution in [0.25, 0.3) is 0 Å². The van der Waals surface area contributed by atoms with Gasteiger partial charge in [-0.25, -0.2) is 9.59 Å². The first-order valence-electron chi connectivity index (χ1n) is 9.44. The van der Waals surface area contributed by atoms with Crippen molar-refractivity contribution in [2.24, 2.45) is 0 Å². The van der Waals surface area contributed by atoms with Crippen LogP contribution in [0.3, 0.4) is 0 Å². The summed E-state index contributed by atoms with van der Waals surface area (Å²) in [7, 11) is 2.71.